The molecule has 2 heterocycles. The highest BCUT2D eigenvalue weighted by atomic mass is 19.3. The van der Waals surface area contributed by atoms with Crippen LogP contribution in [0.25, 0.3) is 0 Å². The summed E-state index contributed by atoms with van der Waals surface area (Å²) in [7, 11) is 0. The highest BCUT2D eigenvalue weighted by molar-refractivity contribution is 5.76. The largest absolute Gasteiger partial charge is 0.341 e. The molecule has 1 amide bonds. The molecule has 1 N–H and O–H groups in total. The number of piperidine rings is 1. The summed E-state index contributed by atoms with van der Waals surface area (Å²) in [6.45, 7) is 3.97. The van der Waals surface area contributed by atoms with Crippen molar-refractivity contribution < 1.29 is 13.6 Å². The molecule has 0 aliphatic carbocycles. The number of carbonyl (C=O) groups is 1. The highest BCUT2D eigenvalue weighted by Gasteiger charge is 2.26. The van der Waals surface area contributed by atoms with Crippen LogP contribution in [0.3, 0.4) is 0 Å². The normalized spacial score (nSPS) is 17.2. The van der Waals surface area contributed by atoms with Crippen LogP contribution in [-0.2, 0) is 11.3 Å². The maximum absolute atomic E-state index is 12.8. The van der Waals surface area contributed by atoms with Crippen LogP contribution in [0.5, 0.6) is 0 Å². The van der Waals surface area contributed by atoms with Crippen LogP contribution in [0.2, 0.25) is 0 Å². The molecule has 0 spiro atoms. The lowest BCUT2D eigenvalue weighted by atomic mass is 10.0. The molecular formula is C14H22F2N4O. The van der Waals surface area contributed by atoms with Crippen molar-refractivity contribution in [1.29, 1.82) is 0 Å². The van der Waals surface area contributed by atoms with Gasteiger partial charge in [-0.05, 0) is 25.3 Å². The van der Waals surface area contributed by atoms with Gasteiger partial charge < -0.3 is 10.2 Å². The Balaban J connectivity index is 1.74. The Kier molecular flexibility index (Phi) is 4.92. The number of aromatic nitrogens is 2. The Hall–Kier alpha value is -1.50. The highest BCUT2D eigenvalue weighted by Crippen LogP contribution is 2.14. The molecule has 0 atom stereocenters. The SMILES string of the molecule is Cc1cnn(CC(=O)N2CCC(NCC(C)(F)F)CC2)c1. The molecule has 0 unspecified atom stereocenters. The zero-order valence-corrected chi connectivity index (χ0v) is 12.5. The van der Waals surface area contributed by atoms with E-state index in [1.807, 2.05) is 13.1 Å². The number of carbonyl (C=O) groups excluding carboxylic acids is 1. The predicted octanol–water partition coefficient (Wildman–Crippen LogP) is 1.43. The maximum Gasteiger partial charge on any atom is 0.257 e. The summed E-state index contributed by atoms with van der Waals surface area (Å²) in [5.74, 6) is -2.66. The molecule has 7 heteroatoms. The summed E-state index contributed by atoms with van der Waals surface area (Å²) in [4.78, 5) is 13.9. The molecule has 0 radical (unpaired) electrons. The van der Waals surface area contributed by atoms with Crippen LogP contribution in [0.1, 0.15) is 25.3 Å². The van der Waals surface area contributed by atoms with Crippen LogP contribution in [0, 0.1) is 6.92 Å². The predicted molar refractivity (Wildman–Crippen MR) is 75.2 cm³/mol. The zero-order chi connectivity index (χ0) is 15.5. The van der Waals surface area contributed by atoms with Gasteiger partial charge in [0, 0.05) is 32.3 Å². The van der Waals surface area contributed by atoms with E-state index in [1.54, 1.807) is 15.8 Å². The van der Waals surface area contributed by atoms with Crippen molar-refractivity contribution >= 4 is 5.91 Å². The number of likely N-dealkylation sites (tertiary alicyclic amines) is 1. The molecule has 21 heavy (non-hydrogen) atoms. The molecule has 5 nitrogen and oxygen atoms in total. The smallest absolute Gasteiger partial charge is 0.257 e. The fourth-order valence-corrected chi connectivity index (χ4v) is 2.45. The van der Waals surface area contributed by atoms with E-state index in [1.165, 1.54) is 0 Å². The van der Waals surface area contributed by atoms with Gasteiger partial charge in [-0.15, -0.1) is 0 Å². The first-order chi connectivity index (χ1) is 9.83. The van der Waals surface area contributed by atoms with Crippen molar-refractivity contribution in [3.8, 4) is 0 Å². The molecule has 1 aliphatic heterocycles. The zero-order valence-electron chi connectivity index (χ0n) is 12.5. The van der Waals surface area contributed by atoms with Gasteiger partial charge in [-0.3, -0.25) is 9.48 Å². The molecule has 2 rings (SSSR count). The van der Waals surface area contributed by atoms with Gasteiger partial charge in [-0.1, -0.05) is 0 Å². The van der Waals surface area contributed by atoms with E-state index in [4.69, 9.17) is 0 Å². The molecule has 118 valence electrons. The molecule has 0 bridgehead atoms. The number of amides is 1. The van der Waals surface area contributed by atoms with Crippen molar-refractivity contribution in [3.05, 3.63) is 18.0 Å². The average molecular weight is 300 g/mol. The minimum absolute atomic E-state index is 0.0253. The average Bonchev–Trinajstić information content (AvgIpc) is 2.81. The molecule has 1 fully saturated rings. The van der Waals surface area contributed by atoms with Gasteiger partial charge in [0.1, 0.15) is 6.54 Å². The van der Waals surface area contributed by atoms with Crippen molar-refractivity contribution in [2.75, 3.05) is 19.6 Å². The van der Waals surface area contributed by atoms with Crippen molar-refractivity contribution in [2.24, 2.45) is 0 Å². The number of hydrogen-bond donors (Lipinski definition) is 1. The first kappa shape index (κ1) is 15.9. The number of nitrogens with one attached hydrogen (secondary N) is 1. The summed E-state index contributed by atoms with van der Waals surface area (Å²) in [6.07, 6.45) is 4.96. The maximum atomic E-state index is 12.8. The van der Waals surface area contributed by atoms with Crippen LogP contribution in [0.15, 0.2) is 12.4 Å². The van der Waals surface area contributed by atoms with Gasteiger partial charge in [0.2, 0.25) is 5.91 Å². The fraction of sp³-hybridized carbons (Fsp3) is 0.714. The number of aryl methyl sites for hydroxylation is 1. The van der Waals surface area contributed by atoms with E-state index in [0.29, 0.717) is 25.9 Å². The van der Waals surface area contributed by atoms with Gasteiger partial charge in [0.15, 0.2) is 0 Å². The molecular weight excluding hydrogens is 278 g/mol. The molecule has 0 aromatic carbocycles. The number of rotatable bonds is 5. The van der Waals surface area contributed by atoms with E-state index in [9.17, 15) is 13.6 Å². The van der Waals surface area contributed by atoms with Gasteiger partial charge in [-0.25, -0.2) is 8.78 Å². The standard InChI is InChI=1S/C14H22F2N4O/c1-11-7-18-20(8-11)9-13(21)19-5-3-12(4-6-19)17-10-14(2,15)16/h7-8,12,17H,3-6,9-10H2,1-2H3. The summed E-state index contributed by atoms with van der Waals surface area (Å²) in [5, 5.41) is 6.96. The van der Waals surface area contributed by atoms with Crippen LogP contribution >= 0.6 is 0 Å². The molecule has 1 aromatic rings. The van der Waals surface area contributed by atoms with Gasteiger partial charge in [0.05, 0.1) is 12.7 Å². The number of nitrogens with zero attached hydrogens (tertiary/aromatic N) is 3. The van der Waals surface area contributed by atoms with Crippen molar-refractivity contribution in [1.82, 2.24) is 20.0 Å². The Bertz CT molecular complexity index is 476. The first-order valence-electron chi connectivity index (χ1n) is 7.21. The number of halogens is 2. The Morgan fingerprint density at radius 1 is 1.48 bits per heavy atom. The van der Waals surface area contributed by atoms with Gasteiger partial charge in [0.25, 0.3) is 5.92 Å². The van der Waals surface area contributed by atoms with Gasteiger partial charge >= 0.3 is 0 Å². The van der Waals surface area contributed by atoms with E-state index in [-0.39, 0.29) is 25.0 Å². The van der Waals surface area contributed by atoms with Crippen molar-refractivity contribution in [3.63, 3.8) is 0 Å². The molecule has 0 saturated carbocycles. The second-order valence-corrected chi connectivity index (χ2v) is 5.82. The Labute approximate surface area is 123 Å². The Morgan fingerprint density at radius 2 is 2.14 bits per heavy atom. The molecule has 1 saturated heterocycles. The van der Waals surface area contributed by atoms with Crippen LogP contribution < -0.4 is 5.32 Å². The second kappa shape index (κ2) is 6.51. The quantitative estimate of drug-likeness (QED) is 0.895. The van der Waals surface area contributed by atoms with Crippen molar-refractivity contribution in [2.45, 2.75) is 45.2 Å². The third-order valence-electron chi connectivity index (χ3n) is 3.61. The third-order valence-corrected chi connectivity index (χ3v) is 3.61. The first-order valence-corrected chi connectivity index (χ1v) is 7.21. The minimum Gasteiger partial charge on any atom is -0.341 e. The summed E-state index contributed by atoms with van der Waals surface area (Å²) < 4.78 is 27.2. The van der Waals surface area contributed by atoms with E-state index >= 15 is 0 Å². The van der Waals surface area contributed by atoms with E-state index in [0.717, 1.165) is 12.5 Å². The van der Waals surface area contributed by atoms with E-state index < -0.39 is 5.92 Å². The van der Waals surface area contributed by atoms with Crippen LogP contribution in [-0.4, -0.2) is 52.2 Å². The monoisotopic (exact) mass is 300 g/mol. The minimum atomic E-state index is -2.69. The third kappa shape index (κ3) is 5.08. The number of alkyl halides is 2. The second-order valence-electron chi connectivity index (χ2n) is 5.82. The van der Waals surface area contributed by atoms with Gasteiger partial charge in [-0.2, -0.15) is 5.10 Å². The number of hydrogen-bond acceptors (Lipinski definition) is 3. The van der Waals surface area contributed by atoms with Crippen LogP contribution in [0.4, 0.5) is 8.78 Å². The summed E-state index contributed by atoms with van der Waals surface area (Å²) >= 11 is 0. The molecule has 1 aliphatic rings. The topological polar surface area (TPSA) is 50.2 Å². The lowest BCUT2D eigenvalue weighted by molar-refractivity contribution is -0.133. The van der Waals surface area contributed by atoms with E-state index in [2.05, 4.69) is 10.4 Å². The lowest BCUT2D eigenvalue weighted by Gasteiger charge is -2.33. The fourth-order valence-electron chi connectivity index (χ4n) is 2.45. The summed E-state index contributed by atoms with van der Waals surface area (Å²) in [5.41, 5.74) is 1.02. The molecule has 1 aromatic heterocycles. The summed E-state index contributed by atoms with van der Waals surface area (Å²) in [6, 6.07) is 0.0619. The lowest BCUT2D eigenvalue weighted by Crippen LogP contribution is -2.47. The Morgan fingerprint density at radius 3 is 2.67 bits per heavy atom.